The summed E-state index contributed by atoms with van der Waals surface area (Å²) in [6.07, 6.45) is 0.453. The van der Waals surface area contributed by atoms with Crippen LogP contribution in [-0.4, -0.2) is 29.8 Å². The molecule has 3 rings (SSSR count). The SMILES string of the molecule is O=C(NCCCN(C(=O)c1ccccc1)c1ccc(F)cc1)c1ccc([N+](=O)[O-])cc1. The van der Waals surface area contributed by atoms with Gasteiger partial charge in [0, 0.05) is 42.0 Å². The number of halogens is 1. The summed E-state index contributed by atoms with van der Waals surface area (Å²) >= 11 is 0. The van der Waals surface area contributed by atoms with Gasteiger partial charge in [0.1, 0.15) is 5.82 Å². The lowest BCUT2D eigenvalue weighted by molar-refractivity contribution is -0.384. The average molecular weight is 421 g/mol. The molecule has 31 heavy (non-hydrogen) atoms. The molecule has 0 aliphatic carbocycles. The second kappa shape index (κ2) is 10.1. The van der Waals surface area contributed by atoms with Crippen LogP contribution in [0.3, 0.4) is 0 Å². The minimum atomic E-state index is -0.532. The molecule has 0 radical (unpaired) electrons. The number of nitro groups is 1. The van der Waals surface area contributed by atoms with E-state index in [1.165, 1.54) is 53.4 Å². The van der Waals surface area contributed by atoms with E-state index in [1.54, 1.807) is 24.3 Å². The Hall–Kier alpha value is -4.07. The van der Waals surface area contributed by atoms with Crippen LogP contribution in [0.15, 0.2) is 78.9 Å². The van der Waals surface area contributed by atoms with Gasteiger partial charge in [0.2, 0.25) is 0 Å². The Balaban J connectivity index is 1.62. The van der Waals surface area contributed by atoms with Crippen LogP contribution in [0.4, 0.5) is 15.8 Å². The molecule has 0 fully saturated rings. The monoisotopic (exact) mass is 421 g/mol. The molecule has 1 N–H and O–H groups in total. The zero-order valence-corrected chi connectivity index (χ0v) is 16.5. The third-order valence-electron chi connectivity index (χ3n) is 4.59. The number of amides is 2. The Morgan fingerprint density at radius 3 is 2.16 bits per heavy atom. The topological polar surface area (TPSA) is 92.6 Å². The van der Waals surface area contributed by atoms with E-state index in [9.17, 15) is 24.1 Å². The number of rotatable bonds is 8. The summed E-state index contributed by atoms with van der Waals surface area (Å²) in [4.78, 5) is 36.9. The Morgan fingerprint density at radius 1 is 0.903 bits per heavy atom. The lowest BCUT2D eigenvalue weighted by Crippen LogP contribution is -2.34. The number of hydrogen-bond donors (Lipinski definition) is 1. The molecule has 0 aliphatic rings. The predicted molar refractivity (Wildman–Crippen MR) is 115 cm³/mol. The number of carbonyl (C=O) groups is 2. The van der Waals surface area contributed by atoms with Gasteiger partial charge in [-0.2, -0.15) is 0 Å². The second-order valence-electron chi connectivity index (χ2n) is 6.71. The van der Waals surface area contributed by atoms with Crippen molar-refractivity contribution in [1.29, 1.82) is 0 Å². The average Bonchev–Trinajstić information content (AvgIpc) is 2.80. The van der Waals surface area contributed by atoms with Crippen LogP contribution in [0, 0.1) is 15.9 Å². The summed E-state index contributed by atoms with van der Waals surface area (Å²) in [5, 5.41) is 13.4. The number of nitrogens with zero attached hydrogens (tertiary/aromatic N) is 2. The highest BCUT2D eigenvalue weighted by Gasteiger charge is 2.17. The van der Waals surface area contributed by atoms with Gasteiger partial charge in [-0.1, -0.05) is 18.2 Å². The van der Waals surface area contributed by atoms with Crippen molar-refractivity contribution in [1.82, 2.24) is 5.32 Å². The van der Waals surface area contributed by atoms with Crippen LogP contribution in [0.25, 0.3) is 0 Å². The van der Waals surface area contributed by atoms with E-state index in [4.69, 9.17) is 0 Å². The highest BCUT2D eigenvalue weighted by Crippen LogP contribution is 2.18. The quantitative estimate of drug-likeness (QED) is 0.335. The maximum Gasteiger partial charge on any atom is 0.269 e. The first-order valence-electron chi connectivity index (χ1n) is 9.61. The summed E-state index contributed by atoms with van der Waals surface area (Å²) in [6.45, 7) is 0.593. The minimum Gasteiger partial charge on any atom is -0.352 e. The molecule has 0 atom stereocenters. The minimum absolute atomic E-state index is 0.0917. The van der Waals surface area contributed by atoms with Crippen LogP contribution in [0.2, 0.25) is 0 Å². The molecule has 0 unspecified atom stereocenters. The molecule has 0 bridgehead atoms. The maximum atomic E-state index is 13.3. The van der Waals surface area contributed by atoms with Gasteiger partial charge in [-0.15, -0.1) is 0 Å². The molecule has 8 heteroatoms. The molecule has 0 saturated carbocycles. The number of nitrogens with one attached hydrogen (secondary N) is 1. The molecular formula is C23H20FN3O4. The first-order valence-corrected chi connectivity index (χ1v) is 9.61. The van der Waals surface area contributed by atoms with Crippen LogP contribution in [0.5, 0.6) is 0 Å². The van der Waals surface area contributed by atoms with E-state index in [0.29, 0.717) is 29.8 Å². The fourth-order valence-corrected chi connectivity index (χ4v) is 2.98. The van der Waals surface area contributed by atoms with Crippen LogP contribution in [-0.2, 0) is 0 Å². The molecule has 158 valence electrons. The Labute approximate surface area is 178 Å². The highest BCUT2D eigenvalue weighted by atomic mass is 19.1. The number of hydrogen-bond acceptors (Lipinski definition) is 4. The summed E-state index contributed by atoms with van der Waals surface area (Å²) < 4.78 is 13.3. The molecule has 3 aromatic rings. The van der Waals surface area contributed by atoms with Crippen molar-refractivity contribution in [3.05, 3.63) is 106 Å². The summed E-state index contributed by atoms with van der Waals surface area (Å²) in [7, 11) is 0. The molecule has 7 nitrogen and oxygen atoms in total. The van der Waals surface area contributed by atoms with Gasteiger partial charge in [0.05, 0.1) is 4.92 Å². The van der Waals surface area contributed by atoms with Crippen LogP contribution in [0.1, 0.15) is 27.1 Å². The van der Waals surface area contributed by atoms with Crippen LogP contribution < -0.4 is 10.2 Å². The maximum absolute atomic E-state index is 13.3. The number of carbonyl (C=O) groups excluding carboxylic acids is 2. The fourth-order valence-electron chi connectivity index (χ4n) is 2.98. The van der Waals surface area contributed by atoms with Crippen LogP contribution >= 0.6 is 0 Å². The van der Waals surface area contributed by atoms with Gasteiger partial charge >= 0.3 is 0 Å². The largest absolute Gasteiger partial charge is 0.352 e. The van der Waals surface area contributed by atoms with Crippen molar-refractivity contribution in [2.75, 3.05) is 18.0 Å². The lowest BCUT2D eigenvalue weighted by atomic mass is 10.1. The lowest BCUT2D eigenvalue weighted by Gasteiger charge is -2.23. The van der Waals surface area contributed by atoms with E-state index < -0.39 is 10.7 Å². The van der Waals surface area contributed by atoms with E-state index in [1.807, 2.05) is 6.07 Å². The number of non-ortho nitro benzene ring substituents is 1. The Morgan fingerprint density at radius 2 is 1.55 bits per heavy atom. The summed E-state index contributed by atoms with van der Waals surface area (Å²) in [6, 6.07) is 19.7. The van der Waals surface area contributed by atoms with Crippen molar-refractivity contribution in [3.63, 3.8) is 0 Å². The normalized spacial score (nSPS) is 10.4. The zero-order valence-electron chi connectivity index (χ0n) is 16.5. The van der Waals surface area contributed by atoms with Crippen molar-refractivity contribution >= 4 is 23.2 Å². The zero-order chi connectivity index (χ0) is 22.2. The van der Waals surface area contributed by atoms with Crippen molar-refractivity contribution < 1.29 is 18.9 Å². The molecule has 0 spiro atoms. The smallest absolute Gasteiger partial charge is 0.269 e. The number of anilines is 1. The standard InChI is InChI=1S/C23H20FN3O4/c24-19-9-13-20(14-10-19)26(23(29)18-5-2-1-3-6-18)16-4-15-25-22(28)17-7-11-21(12-8-17)27(30)31/h1-3,5-14H,4,15-16H2,(H,25,28). The number of nitro benzene ring substituents is 1. The third-order valence-corrected chi connectivity index (χ3v) is 4.59. The molecule has 0 aliphatic heterocycles. The van der Waals surface area contributed by atoms with E-state index >= 15 is 0 Å². The van der Waals surface area contributed by atoms with Gasteiger partial charge in [-0.25, -0.2) is 4.39 Å². The van der Waals surface area contributed by atoms with Gasteiger partial charge < -0.3 is 10.2 Å². The first kappa shape index (κ1) is 21.6. The van der Waals surface area contributed by atoms with Gasteiger partial charge in [0.25, 0.3) is 17.5 Å². The molecule has 0 saturated heterocycles. The van der Waals surface area contributed by atoms with Gasteiger partial charge in [-0.3, -0.25) is 19.7 Å². The Bertz CT molecular complexity index is 1050. The predicted octanol–water partition coefficient (Wildman–Crippen LogP) is 4.20. The van der Waals surface area contributed by atoms with E-state index in [2.05, 4.69) is 5.32 Å². The second-order valence-corrected chi connectivity index (χ2v) is 6.71. The van der Waals surface area contributed by atoms with Crippen molar-refractivity contribution in [2.45, 2.75) is 6.42 Å². The van der Waals surface area contributed by atoms with Gasteiger partial charge in [0.15, 0.2) is 0 Å². The van der Waals surface area contributed by atoms with Gasteiger partial charge in [-0.05, 0) is 55.0 Å². The van der Waals surface area contributed by atoms with Crippen molar-refractivity contribution in [3.8, 4) is 0 Å². The third kappa shape index (κ3) is 5.72. The Kier molecular flexibility index (Phi) is 7.05. The fraction of sp³-hybridized carbons (Fsp3) is 0.130. The molecule has 0 heterocycles. The summed E-state index contributed by atoms with van der Waals surface area (Å²) in [5.74, 6) is -0.988. The summed E-state index contributed by atoms with van der Waals surface area (Å²) in [5.41, 5.74) is 1.27. The number of benzene rings is 3. The highest BCUT2D eigenvalue weighted by molar-refractivity contribution is 6.06. The molecule has 2 amide bonds. The molecule has 3 aromatic carbocycles. The first-order chi connectivity index (χ1) is 15.0. The molecule has 0 aromatic heterocycles. The van der Waals surface area contributed by atoms with E-state index in [-0.39, 0.29) is 24.0 Å². The van der Waals surface area contributed by atoms with E-state index in [0.717, 1.165) is 0 Å². The van der Waals surface area contributed by atoms with Crippen molar-refractivity contribution in [2.24, 2.45) is 0 Å². The molecular weight excluding hydrogens is 401 g/mol.